The molecule has 1 N–H and O–H groups in total. The van der Waals surface area contributed by atoms with E-state index in [2.05, 4.69) is 4.98 Å². The number of rotatable bonds is 0. The van der Waals surface area contributed by atoms with Gasteiger partial charge in [0.2, 0.25) is 0 Å². The first kappa shape index (κ1) is 3.72. The highest BCUT2D eigenvalue weighted by Gasteiger charge is 1.86. The van der Waals surface area contributed by atoms with Gasteiger partial charge in [-0.3, -0.25) is 0 Å². The van der Waals surface area contributed by atoms with Crippen molar-refractivity contribution < 1.29 is 1.37 Å². The minimum absolute atomic E-state index is 0.582. The van der Waals surface area contributed by atoms with Gasteiger partial charge in [-0.05, 0) is 17.5 Å². The molecule has 0 aliphatic rings. The standard InChI is InChI=1S/C8H7N/c1-2-4-8-7(3-1)5-6-9-8/h1-6,9H/i3D. The summed E-state index contributed by atoms with van der Waals surface area (Å²) in [5.74, 6) is 0. The van der Waals surface area contributed by atoms with Crippen molar-refractivity contribution in [3.8, 4) is 0 Å². The molecule has 0 saturated carbocycles. The minimum atomic E-state index is 0.582. The van der Waals surface area contributed by atoms with Crippen LogP contribution in [0.4, 0.5) is 0 Å². The summed E-state index contributed by atoms with van der Waals surface area (Å²) in [6.45, 7) is 0. The summed E-state index contributed by atoms with van der Waals surface area (Å²) >= 11 is 0. The Hall–Kier alpha value is -1.24. The van der Waals surface area contributed by atoms with Crippen LogP contribution in [-0.4, -0.2) is 4.98 Å². The Labute approximate surface area is 54.7 Å². The normalized spacial score (nSPS) is 11.8. The van der Waals surface area contributed by atoms with Crippen LogP contribution in [0.1, 0.15) is 1.37 Å². The fourth-order valence-corrected chi connectivity index (χ4v) is 0.928. The summed E-state index contributed by atoms with van der Waals surface area (Å²) in [7, 11) is 0. The Morgan fingerprint density at radius 1 is 1.33 bits per heavy atom. The molecule has 1 aromatic carbocycles. The van der Waals surface area contributed by atoms with Crippen molar-refractivity contribution >= 4 is 10.9 Å². The second kappa shape index (κ2) is 1.62. The maximum atomic E-state index is 7.46. The lowest BCUT2D eigenvalue weighted by atomic mass is 10.3. The molecular formula is C8H7N. The quantitative estimate of drug-likeness (QED) is 0.545. The Bertz CT molecular complexity index is 351. The zero-order valence-electron chi connectivity index (χ0n) is 5.89. The Kier molecular flexibility index (Phi) is 0.671. The van der Waals surface area contributed by atoms with E-state index in [1.807, 2.05) is 24.4 Å². The largest absolute Gasteiger partial charge is 0.361 e. The van der Waals surface area contributed by atoms with E-state index in [-0.39, 0.29) is 0 Å². The zero-order valence-corrected chi connectivity index (χ0v) is 4.89. The van der Waals surface area contributed by atoms with Crippen molar-refractivity contribution in [1.29, 1.82) is 0 Å². The van der Waals surface area contributed by atoms with Gasteiger partial charge in [0.1, 0.15) is 0 Å². The van der Waals surface area contributed by atoms with Crippen LogP contribution in [0, 0.1) is 0 Å². The van der Waals surface area contributed by atoms with Crippen molar-refractivity contribution in [2.75, 3.05) is 0 Å². The number of aromatic amines is 1. The molecule has 9 heavy (non-hydrogen) atoms. The third-order valence-corrected chi connectivity index (χ3v) is 1.38. The Morgan fingerprint density at radius 2 is 2.33 bits per heavy atom. The van der Waals surface area contributed by atoms with Gasteiger partial charge in [0, 0.05) is 11.7 Å². The molecule has 1 aromatic heterocycles. The lowest BCUT2D eigenvalue weighted by molar-refractivity contribution is 1.48. The number of fused-ring (bicyclic) bond motifs is 1. The van der Waals surface area contributed by atoms with Gasteiger partial charge in [-0.25, -0.2) is 0 Å². The van der Waals surface area contributed by atoms with Crippen molar-refractivity contribution in [3.05, 3.63) is 36.5 Å². The lowest BCUT2D eigenvalue weighted by Gasteiger charge is -1.83. The Balaban J connectivity index is 2.95. The highest BCUT2D eigenvalue weighted by Crippen LogP contribution is 2.09. The van der Waals surface area contributed by atoms with Crippen molar-refractivity contribution in [2.24, 2.45) is 0 Å². The van der Waals surface area contributed by atoms with Gasteiger partial charge in [-0.15, -0.1) is 0 Å². The van der Waals surface area contributed by atoms with Crippen LogP contribution in [-0.2, 0) is 0 Å². The molecule has 0 unspecified atom stereocenters. The molecule has 0 aliphatic heterocycles. The molecule has 0 amide bonds. The maximum absolute atomic E-state index is 7.46. The van der Waals surface area contributed by atoms with Gasteiger partial charge in [-0.2, -0.15) is 0 Å². The minimum Gasteiger partial charge on any atom is -0.361 e. The summed E-state index contributed by atoms with van der Waals surface area (Å²) in [5.41, 5.74) is 1.03. The smallest absolute Gasteiger partial charge is 0.0630 e. The van der Waals surface area contributed by atoms with E-state index >= 15 is 0 Å². The highest BCUT2D eigenvalue weighted by molar-refractivity contribution is 5.78. The molecule has 0 atom stereocenters. The van der Waals surface area contributed by atoms with Crippen LogP contribution in [0.5, 0.6) is 0 Å². The van der Waals surface area contributed by atoms with Crippen LogP contribution in [0.3, 0.4) is 0 Å². The van der Waals surface area contributed by atoms with E-state index in [0.29, 0.717) is 6.04 Å². The van der Waals surface area contributed by atoms with Crippen LogP contribution >= 0.6 is 0 Å². The summed E-state index contributed by atoms with van der Waals surface area (Å²) in [6, 6.07) is 8.13. The van der Waals surface area contributed by atoms with E-state index in [4.69, 9.17) is 1.37 Å². The molecule has 2 rings (SSSR count). The molecule has 2 aromatic rings. The van der Waals surface area contributed by atoms with Crippen LogP contribution in [0.15, 0.2) is 36.5 Å². The average molecular weight is 118 g/mol. The van der Waals surface area contributed by atoms with Crippen LogP contribution in [0.25, 0.3) is 10.9 Å². The molecule has 1 nitrogen and oxygen atoms in total. The van der Waals surface area contributed by atoms with E-state index in [1.165, 1.54) is 0 Å². The van der Waals surface area contributed by atoms with Crippen molar-refractivity contribution in [1.82, 2.24) is 4.98 Å². The summed E-state index contributed by atoms with van der Waals surface area (Å²) < 4.78 is 7.46. The Morgan fingerprint density at radius 3 is 3.22 bits per heavy atom. The van der Waals surface area contributed by atoms with Gasteiger partial charge in [-0.1, -0.05) is 18.2 Å². The predicted octanol–water partition coefficient (Wildman–Crippen LogP) is 2.17. The monoisotopic (exact) mass is 118 g/mol. The van der Waals surface area contributed by atoms with Crippen LogP contribution < -0.4 is 0 Å². The molecule has 1 heterocycles. The summed E-state index contributed by atoms with van der Waals surface area (Å²) in [4.78, 5) is 3.04. The number of nitrogens with one attached hydrogen (secondary N) is 1. The van der Waals surface area contributed by atoms with E-state index in [0.717, 1.165) is 10.9 Å². The summed E-state index contributed by atoms with van der Waals surface area (Å²) in [5, 5.41) is 0.988. The van der Waals surface area contributed by atoms with E-state index in [9.17, 15) is 0 Å². The first-order valence-corrected chi connectivity index (χ1v) is 2.90. The van der Waals surface area contributed by atoms with Gasteiger partial charge >= 0.3 is 0 Å². The molecule has 0 saturated heterocycles. The second-order valence-electron chi connectivity index (χ2n) is 1.98. The van der Waals surface area contributed by atoms with E-state index in [1.54, 1.807) is 6.07 Å². The van der Waals surface area contributed by atoms with Crippen LogP contribution in [0.2, 0.25) is 0 Å². The number of hydrogen-bond donors (Lipinski definition) is 1. The van der Waals surface area contributed by atoms with E-state index < -0.39 is 0 Å². The summed E-state index contributed by atoms with van der Waals surface area (Å²) in [6.07, 6.45) is 1.85. The topological polar surface area (TPSA) is 15.8 Å². The number of hydrogen-bond acceptors (Lipinski definition) is 0. The first-order valence-electron chi connectivity index (χ1n) is 3.40. The average Bonchev–Trinajstić information content (AvgIpc) is 2.36. The molecule has 0 radical (unpaired) electrons. The molecule has 0 aliphatic carbocycles. The molecule has 44 valence electrons. The van der Waals surface area contributed by atoms with Gasteiger partial charge in [0.25, 0.3) is 0 Å². The fourth-order valence-electron chi connectivity index (χ4n) is 0.928. The lowest BCUT2D eigenvalue weighted by Crippen LogP contribution is -1.61. The van der Waals surface area contributed by atoms with Gasteiger partial charge in [0.15, 0.2) is 0 Å². The first-order chi connectivity index (χ1) is 4.88. The zero-order chi connectivity index (χ0) is 6.97. The molecule has 0 spiro atoms. The second-order valence-corrected chi connectivity index (χ2v) is 1.98. The number of H-pyrrole nitrogens is 1. The van der Waals surface area contributed by atoms with Crippen molar-refractivity contribution in [2.45, 2.75) is 0 Å². The maximum Gasteiger partial charge on any atom is 0.0630 e. The van der Waals surface area contributed by atoms with Gasteiger partial charge in [0.05, 0.1) is 1.37 Å². The third kappa shape index (κ3) is 0.617. The molecule has 0 fully saturated rings. The van der Waals surface area contributed by atoms with Crippen molar-refractivity contribution in [3.63, 3.8) is 0 Å². The molecule has 0 bridgehead atoms. The number of para-hydroxylation sites is 1. The number of benzene rings is 1. The van der Waals surface area contributed by atoms with Gasteiger partial charge < -0.3 is 4.98 Å². The highest BCUT2D eigenvalue weighted by atomic mass is 14.6. The molecule has 1 heteroatoms. The SMILES string of the molecule is [2H]c1cccc2[nH]ccc12. The number of aromatic nitrogens is 1. The molecular weight excluding hydrogens is 110 g/mol. The third-order valence-electron chi connectivity index (χ3n) is 1.38. The predicted molar refractivity (Wildman–Crippen MR) is 38.3 cm³/mol. The fraction of sp³-hybridized carbons (Fsp3) is 0.